The van der Waals surface area contributed by atoms with Crippen molar-refractivity contribution in [1.29, 1.82) is 0 Å². The maximum Gasteiger partial charge on any atom is 0.216 e. The summed E-state index contributed by atoms with van der Waals surface area (Å²) in [5, 5.41) is 2.75. The highest BCUT2D eigenvalue weighted by Gasteiger charge is 1.94. The molecule has 1 aromatic rings. The highest BCUT2D eigenvalue weighted by atomic mass is 16.1. The van der Waals surface area contributed by atoms with Crippen LogP contribution in [0.15, 0.2) is 29.3 Å². The summed E-state index contributed by atoms with van der Waals surface area (Å²) in [7, 11) is 0. The molecule has 0 heterocycles. The molecule has 0 bridgehead atoms. The number of nitrogens with zero attached hydrogens (tertiary/aromatic N) is 1. The standard InChI is InChI=1S/C11H14N2O/c1-9(14)13-8-7-10-3-5-11(12-2)6-4-10/h3-6H,2,7-8H2,1H3,(H,13,14). The molecule has 0 aromatic heterocycles. The van der Waals surface area contributed by atoms with Crippen LogP contribution in [0.4, 0.5) is 5.69 Å². The molecular weight excluding hydrogens is 176 g/mol. The van der Waals surface area contributed by atoms with Crippen LogP contribution in [0, 0.1) is 0 Å². The van der Waals surface area contributed by atoms with Gasteiger partial charge >= 0.3 is 0 Å². The third-order valence-electron chi connectivity index (χ3n) is 1.91. The average molecular weight is 190 g/mol. The van der Waals surface area contributed by atoms with E-state index in [1.807, 2.05) is 24.3 Å². The summed E-state index contributed by atoms with van der Waals surface area (Å²) in [6, 6.07) is 7.81. The maximum absolute atomic E-state index is 10.6. The first kappa shape index (κ1) is 10.4. The molecule has 14 heavy (non-hydrogen) atoms. The summed E-state index contributed by atoms with van der Waals surface area (Å²) in [5.74, 6) is 0.00868. The van der Waals surface area contributed by atoms with Gasteiger partial charge in [0.1, 0.15) is 0 Å². The normalized spacial score (nSPS) is 9.50. The topological polar surface area (TPSA) is 41.5 Å². The van der Waals surface area contributed by atoms with Crippen LogP contribution in [0.1, 0.15) is 12.5 Å². The number of aliphatic imine (C=N–C) groups is 1. The van der Waals surface area contributed by atoms with Crippen molar-refractivity contribution in [3.63, 3.8) is 0 Å². The van der Waals surface area contributed by atoms with E-state index in [4.69, 9.17) is 0 Å². The summed E-state index contributed by atoms with van der Waals surface area (Å²) in [6.45, 7) is 5.63. The van der Waals surface area contributed by atoms with Crippen LogP contribution >= 0.6 is 0 Å². The number of rotatable bonds is 4. The smallest absolute Gasteiger partial charge is 0.216 e. The van der Waals surface area contributed by atoms with Gasteiger partial charge in [0.2, 0.25) is 5.91 Å². The van der Waals surface area contributed by atoms with Crippen molar-refractivity contribution in [1.82, 2.24) is 5.32 Å². The van der Waals surface area contributed by atoms with E-state index < -0.39 is 0 Å². The minimum absolute atomic E-state index is 0.00868. The highest BCUT2D eigenvalue weighted by Crippen LogP contribution is 2.11. The Hall–Kier alpha value is -1.64. The number of hydrogen-bond acceptors (Lipinski definition) is 2. The van der Waals surface area contributed by atoms with E-state index in [2.05, 4.69) is 17.0 Å². The molecule has 0 spiro atoms. The molecule has 3 nitrogen and oxygen atoms in total. The Morgan fingerprint density at radius 2 is 2.07 bits per heavy atom. The van der Waals surface area contributed by atoms with Gasteiger partial charge in [-0.2, -0.15) is 0 Å². The van der Waals surface area contributed by atoms with E-state index in [0.29, 0.717) is 6.54 Å². The number of amides is 1. The van der Waals surface area contributed by atoms with Gasteiger partial charge in [0.25, 0.3) is 0 Å². The molecule has 0 saturated heterocycles. The highest BCUT2D eigenvalue weighted by molar-refractivity contribution is 5.72. The molecule has 1 aromatic carbocycles. The van der Waals surface area contributed by atoms with Crippen LogP contribution in [0.3, 0.4) is 0 Å². The van der Waals surface area contributed by atoms with Crippen molar-refractivity contribution in [2.24, 2.45) is 4.99 Å². The Kier molecular flexibility index (Phi) is 3.85. The maximum atomic E-state index is 10.6. The van der Waals surface area contributed by atoms with E-state index in [-0.39, 0.29) is 5.91 Å². The lowest BCUT2D eigenvalue weighted by Crippen LogP contribution is -2.22. The van der Waals surface area contributed by atoms with Gasteiger partial charge in [0, 0.05) is 13.5 Å². The second kappa shape index (κ2) is 5.17. The molecule has 0 aliphatic carbocycles. The van der Waals surface area contributed by atoms with Gasteiger partial charge in [0.05, 0.1) is 5.69 Å². The first-order valence-electron chi connectivity index (χ1n) is 4.52. The quantitative estimate of drug-likeness (QED) is 0.721. The molecular formula is C11H14N2O. The van der Waals surface area contributed by atoms with Crippen molar-refractivity contribution < 1.29 is 4.79 Å². The SMILES string of the molecule is C=Nc1ccc(CCNC(C)=O)cc1. The van der Waals surface area contributed by atoms with Crippen molar-refractivity contribution >= 4 is 18.3 Å². The fourth-order valence-electron chi connectivity index (χ4n) is 1.15. The van der Waals surface area contributed by atoms with Crippen molar-refractivity contribution in [2.75, 3.05) is 6.54 Å². The van der Waals surface area contributed by atoms with E-state index in [0.717, 1.165) is 12.1 Å². The molecule has 0 saturated carbocycles. The zero-order valence-electron chi connectivity index (χ0n) is 8.29. The number of nitrogens with one attached hydrogen (secondary N) is 1. The molecule has 1 N–H and O–H groups in total. The molecule has 0 aliphatic heterocycles. The summed E-state index contributed by atoms with van der Waals surface area (Å²) in [5.41, 5.74) is 2.06. The van der Waals surface area contributed by atoms with Gasteiger partial charge in [-0.25, -0.2) is 0 Å². The van der Waals surface area contributed by atoms with Crippen LogP contribution in [0.5, 0.6) is 0 Å². The van der Waals surface area contributed by atoms with Crippen LogP contribution in [-0.2, 0) is 11.2 Å². The third-order valence-corrected chi connectivity index (χ3v) is 1.91. The molecule has 0 fully saturated rings. The molecule has 0 aliphatic rings. The van der Waals surface area contributed by atoms with E-state index >= 15 is 0 Å². The predicted octanol–water partition coefficient (Wildman–Crippen LogP) is 1.70. The lowest BCUT2D eigenvalue weighted by atomic mass is 10.1. The minimum Gasteiger partial charge on any atom is -0.356 e. The monoisotopic (exact) mass is 190 g/mol. The first-order valence-corrected chi connectivity index (χ1v) is 4.52. The zero-order valence-corrected chi connectivity index (χ0v) is 8.29. The van der Waals surface area contributed by atoms with Gasteiger partial charge in [-0.1, -0.05) is 12.1 Å². The Balaban J connectivity index is 2.43. The molecule has 0 unspecified atom stereocenters. The van der Waals surface area contributed by atoms with E-state index in [1.54, 1.807) is 0 Å². The largest absolute Gasteiger partial charge is 0.356 e. The zero-order chi connectivity index (χ0) is 10.4. The number of hydrogen-bond donors (Lipinski definition) is 1. The van der Waals surface area contributed by atoms with Gasteiger partial charge in [0.15, 0.2) is 0 Å². The summed E-state index contributed by atoms with van der Waals surface area (Å²) in [4.78, 5) is 14.4. The molecule has 1 amide bonds. The van der Waals surface area contributed by atoms with Crippen molar-refractivity contribution in [3.05, 3.63) is 29.8 Å². The molecule has 3 heteroatoms. The summed E-state index contributed by atoms with van der Waals surface area (Å²) >= 11 is 0. The Bertz CT molecular complexity index is 317. The second-order valence-corrected chi connectivity index (χ2v) is 3.06. The van der Waals surface area contributed by atoms with E-state index in [9.17, 15) is 4.79 Å². The molecule has 1 rings (SSSR count). The number of carbonyl (C=O) groups is 1. The fourth-order valence-corrected chi connectivity index (χ4v) is 1.15. The Morgan fingerprint density at radius 3 is 2.57 bits per heavy atom. The van der Waals surface area contributed by atoms with Crippen LogP contribution < -0.4 is 5.32 Å². The minimum atomic E-state index is 0.00868. The van der Waals surface area contributed by atoms with Gasteiger partial charge in [-0.3, -0.25) is 9.79 Å². The first-order chi connectivity index (χ1) is 6.72. The third kappa shape index (κ3) is 3.39. The fraction of sp³-hybridized carbons (Fsp3) is 0.273. The molecule has 74 valence electrons. The Labute approximate surface area is 83.9 Å². The van der Waals surface area contributed by atoms with Crippen LogP contribution in [0.2, 0.25) is 0 Å². The number of benzene rings is 1. The number of carbonyl (C=O) groups excluding carboxylic acids is 1. The lowest BCUT2D eigenvalue weighted by Gasteiger charge is -2.02. The summed E-state index contributed by atoms with van der Waals surface area (Å²) in [6.07, 6.45) is 0.844. The van der Waals surface area contributed by atoms with Crippen molar-refractivity contribution in [3.8, 4) is 0 Å². The lowest BCUT2D eigenvalue weighted by molar-refractivity contribution is -0.118. The van der Waals surface area contributed by atoms with Crippen LogP contribution in [0.25, 0.3) is 0 Å². The Morgan fingerprint density at radius 1 is 1.43 bits per heavy atom. The second-order valence-electron chi connectivity index (χ2n) is 3.06. The van der Waals surface area contributed by atoms with Crippen molar-refractivity contribution in [2.45, 2.75) is 13.3 Å². The molecule has 0 atom stereocenters. The molecule has 0 radical (unpaired) electrons. The predicted molar refractivity (Wildman–Crippen MR) is 58.0 cm³/mol. The van der Waals surface area contributed by atoms with Gasteiger partial charge in [-0.05, 0) is 30.8 Å². The van der Waals surface area contributed by atoms with Crippen LogP contribution in [-0.4, -0.2) is 19.2 Å². The average Bonchev–Trinajstić information content (AvgIpc) is 2.18. The summed E-state index contributed by atoms with van der Waals surface area (Å²) < 4.78 is 0. The van der Waals surface area contributed by atoms with Gasteiger partial charge in [-0.15, -0.1) is 0 Å². The van der Waals surface area contributed by atoms with E-state index in [1.165, 1.54) is 12.5 Å². The van der Waals surface area contributed by atoms with Gasteiger partial charge < -0.3 is 5.32 Å².